The fourth-order valence-corrected chi connectivity index (χ4v) is 5.75. The van der Waals surface area contributed by atoms with Crippen molar-refractivity contribution in [1.82, 2.24) is 20.1 Å². The number of carbonyl (C=O) groups is 2. The van der Waals surface area contributed by atoms with Gasteiger partial charge < -0.3 is 10.2 Å². The summed E-state index contributed by atoms with van der Waals surface area (Å²) >= 11 is 6.20. The number of benzene rings is 1. The molecule has 8 nitrogen and oxygen atoms in total. The van der Waals surface area contributed by atoms with Gasteiger partial charge in [0.15, 0.2) is 0 Å². The molecule has 2 aliphatic heterocycles. The first kappa shape index (κ1) is 28.6. The van der Waals surface area contributed by atoms with Crippen LogP contribution < -0.4 is 10.2 Å². The molecule has 4 heterocycles. The third-order valence-corrected chi connectivity index (χ3v) is 7.84. The monoisotopic (exact) mass is 590 g/mol. The van der Waals surface area contributed by atoms with Gasteiger partial charge in [0.1, 0.15) is 23.9 Å². The Balaban J connectivity index is 1.59. The number of fused-ring (bicyclic) bond motifs is 1. The SMILES string of the molecule is C=C(C)c1c(NC2CN(C(=O)CC(F)(F)F)C2)ncc2c1[C@@](C)(c1cccc(Cl)c1F)CN(c1[nH]ncc1C)C2=O. The molecule has 0 unspecified atom stereocenters. The van der Waals surface area contributed by atoms with Crippen LogP contribution in [0.5, 0.6) is 0 Å². The summed E-state index contributed by atoms with van der Waals surface area (Å²) < 4.78 is 53.7. The molecule has 0 bridgehead atoms. The van der Waals surface area contributed by atoms with E-state index < -0.39 is 29.7 Å². The molecule has 2 N–H and O–H groups in total. The van der Waals surface area contributed by atoms with Gasteiger partial charge in [0, 0.05) is 47.9 Å². The molecular formula is C28H27ClF4N6O2. The summed E-state index contributed by atoms with van der Waals surface area (Å²) in [6, 6.07) is 4.31. The molecule has 0 aliphatic carbocycles. The number of aromatic amines is 1. The molecule has 13 heteroatoms. The summed E-state index contributed by atoms with van der Waals surface area (Å²) in [5, 5.41) is 10.0. The summed E-state index contributed by atoms with van der Waals surface area (Å²) in [5.41, 5.74) is 1.58. The Morgan fingerprint density at radius 1 is 1.29 bits per heavy atom. The Kier molecular flexibility index (Phi) is 7.09. The molecule has 1 aromatic carbocycles. The number of allylic oxidation sites excluding steroid dienone is 1. The number of amides is 2. The molecule has 2 amide bonds. The van der Waals surface area contributed by atoms with Crippen molar-refractivity contribution in [2.24, 2.45) is 0 Å². The van der Waals surface area contributed by atoms with Gasteiger partial charge >= 0.3 is 6.18 Å². The van der Waals surface area contributed by atoms with Crippen LogP contribution >= 0.6 is 11.6 Å². The summed E-state index contributed by atoms with van der Waals surface area (Å²) in [5.74, 6) is -1.21. The largest absolute Gasteiger partial charge is 0.397 e. The van der Waals surface area contributed by atoms with Crippen LogP contribution in [0.1, 0.15) is 52.9 Å². The van der Waals surface area contributed by atoms with Crippen LogP contribution in [-0.2, 0) is 10.2 Å². The van der Waals surface area contributed by atoms with E-state index in [1.807, 2.05) is 6.92 Å². The summed E-state index contributed by atoms with van der Waals surface area (Å²) in [4.78, 5) is 32.9. The predicted octanol–water partition coefficient (Wildman–Crippen LogP) is 5.48. The number of halogens is 5. The highest BCUT2D eigenvalue weighted by Crippen LogP contribution is 2.47. The predicted molar refractivity (Wildman–Crippen MR) is 146 cm³/mol. The summed E-state index contributed by atoms with van der Waals surface area (Å²) in [7, 11) is 0. The zero-order valence-corrected chi connectivity index (χ0v) is 23.3. The Hall–Kier alpha value is -3.93. The Morgan fingerprint density at radius 3 is 2.61 bits per heavy atom. The number of alkyl halides is 3. The van der Waals surface area contributed by atoms with Crippen LogP contribution in [0.15, 0.2) is 37.2 Å². The van der Waals surface area contributed by atoms with Gasteiger partial charge in [-0.1, -0.05) is 30.3 Å². The molecule has 5 rings (SSSR count). The van der Waals surface area contributed by atoms with Crippen molar-refractivity contribution in [1.29, 1.82) is 0 Å². The average Bonchev–Trinajstić information content (AvgIpc) is 3.28. The van der Waals surface area contributed by atoms with E-state index in [-0.39, 0.29) is 47.7 Å². The minimum absolute atomic E-state index is 0.0337. The number of nitrogens with one attached hydrogen (secondary N) is 2. The smallest absolute Gasteiger partial charge is 0.363 e. The van der Waals surface area contributed by atoms with Gasteiger partial charge in [0.05, 0.1) is 22.8 Å². The maximum Gasteiger partial charge on any atom is 0.397 e. The second-order valence-electron chi connectivity index (χ2n) is 10.7. The van der Waals surface area contributed by atoms with E-state index in [2.05, 4.69) is 27.1 Å². The third kappa shape index (κ3) is 5.05. The minimum Gasteiger partial charge on any atom is -0.363 e. The lowest BCUT2D eigenvalue weighted by molar-refractivity contribution is -0.164. The summed E-state index contributed by atoms with van der Waals surface area (Å²) in [6.45, 7) is 9.58. The Bertz CT molecular complexity index is 1570. The first-order chi connectivity index (χ1) is 19.2. The lowest BCUT2D eigenvalue weighted by atomic mass is 9.69. The van der Waals surface area contributed by atoms with Gasteiger partial charge in [0.2, 0.25) is 5.91 Å². The number of likely N-dealkylation sites (tertiary alicyclic amines) is 1. The third-order valence-electron chi connectivity index (χ3n) is 7.55. The molecule has 2 aliphatic rings. The van der Waals surface area contributed by atoms with Crippen LogP contribution in [0.25, 0.3) is 5.57 Å². The van der Waals surface area contributed by atoms with Crippen LogP contribution in [0.4, 0.5) is 29.2 Å². The molecule has 0 spiro atoms. The van der Waals surface area contributed by atoms with E-state index in [0.29, 0.717) is 28.3 Å². The molecule has 3 aromatic rings. The molecular weight excluding hydrogens is 564 g/mol. The van der Waals surface area contributed by atoms with Crippen LogP contribution in [0, 0.1) is 12.7 Å². The number of rotatable bonds is 6. The standard InChI is InChI=1S/C28H27ClF4N6O2/c1-14(2)21-22-17(10-34-24(21)36-16-11-38(12-16)20(40)8-28(31,32)33)26(41)39(25-15(3)9-35-37-25)13-27(22,4)18-6-5-7-19(29)23(18)30/h5-7,9-10,16H,1,8,11-13H2,2-4H3,(H,34,36)(H,35,37)/t27-/m1/s1. The first-order valence-electron chi connectivity index (χ1n) is 12.8. The van der Waals surface area contributed by atoms with Gasteiger partial charge in [0.25, 0.3) is 5.91 Å². The fourth-order valence-electron chi connectivity index (χ4n) is 5.58. The maximum absolute atomic E-state index is 15.7. The second kappa shape index (κ2) is 10.2. The zero-order chi connectivity index (χ0) is 29.9. The van der Waals surface area contributed by atoms with Gasteiger partial charge in [-0.3, -0.25) is 19.6 Å². The van der Waals surface area contributed by atoms with E-state index in [4.69, 9.17) is 11.6 Å². The number of hydrogen-bond donors (Lipinski definition) is 2. The maximum atomic E-state index is 15.7. The van der Waals surface area contributed by atoms with Crippen molar-refractivity contribution < 1.29 is 27.2 Å². The Morgan fingerprint density at radius 2 is 2.00 bits per heavy atom. The number of anilines is 2. The normalized spacial score (nSPS) is 19.2. The number of nitrogens with zero attached hydrogens (tertiary/aromatic N) is 4. The highest BCUT2D eigenvalue weighted by molar-refractivity contribution is 6.30. The number of H-pyrrole nitrogens is 1. The van der Waals surface area contributed by atoms with E-state index in [0.717, 1.165) is 10.5 Å². The molecule has 216 valence electrons. The zero-order valence-electron chi connectivity index (χ0n) is 22.5. The number of aromatic nitrogens is 3. The van der Waals surface area contributed by atoms with Gasteiger partial charge in [-0.25, -0.2) is 9.37 Å². The molecule has 1 saturated heterocycles. The van der Waals surface area contributed by atoms with Crippen molar-refractivity contribution >= 4 is 40.6 Å². The van der Waals surface area contributed by atoms with Crippen LogP contribution in [-0.4, -0.2) is 63.7 Å². The molecule has 1 atom stereocenters. The van der Waals surface area contributed by atoms with E-state index in [9.17, 15) is 22.8 Å². The second-order valence-corrected chi connectivity index (χ2v) is 11.1. The summed E-state index contributed by atoms with van der Waals surface area (Å²) in [6.07, 6.45) is -3.12. The number of carbonyl (C=O) groups excluding carboxylic acids is 2. The van der Waals surface area contributed by atoms with Gasteiger partial charge in [-0.15, -0.1) is 0 Å². The quantitative estimate of drug-likeness (QED) is 0.371. The van der Waals surface area contributed by atoms with Crippen LogP contribution in [0.2, 0.25) is 5.02 Å². The van der Waals surface area contributed by atoms with Crippen molar-refractivity contribution in [2.45, 2.75) is 44.8 Å². The average molecular weight is 591 g/mol. The first-order valence-corrected chi connectivity index (χ1v) is 13.2. The molecule has 0 saturated carbocycles. The molecule has 41 heavy (non-hydrogen) atoms. The number of pyridine rings is 1. The van der Waals surface area contributed by atoms with Crippen LogP contribution in [0.3, 0.4) is 0 Å². The Labute approximate surface area is 238 Å². The van der Waals surface area contributed by atoms with Gasteiger partial charge in [-0.05, 0) is 38.0 Å². The topological polar surface area (TPSA) is 94.2 Å². The molecule has 2 aromatic heterocycles. The highest BCUT2D eigenvalue weighted by atomic mass is 35.5. The van der Waals surface area contributed by atoms with Crippen molar-refractivity contribution in [3.05, 3.63) is 75.8 Å². The molecule has 0 radical (unpaired) electrons. The fraction of sp³-hybridized carbons (Fsp3) is 0.357. The van der Waals surface area contributed by atoms with Crippen molar-refractivity contribution in [2.75, 3.05) is 29.9 Å². The number of aryl methyl sites for hydroxylation is 1. The van der Waals surface area contributed by atoms with E-state index in [1.54, 1.807) is 32.2 Å². The van der Waals surface area contributed by atoms with E-state index in [1.165, 1.54) is 17.2 Å². The van der Waals surface area contributed by atoms with Crippen molar-refractivity contribution in [3.8, 4) is 0 Å². The van der Waals surface area contributed by atoms with Crippen molar-refractivity contribution in [3.63, 3.8) is 0 Å². The minimum atomic E-state index is -4.59. The number of hydrogen-bond acceptors (Lipinski definition) is 5. The lowest BCUT2D eigenvalue weighted by Crippen LogP contribution is -2.57. The lowest BCUT2D eigenvalue weighted by Gasteiger charge is -2.44. The van der Waals surface area contributed by atoms with Gasteiger partial charge in [-0.2, -0.15) is 18.3 Å². The molecule has 1 fully saturated rings. The van der Waals surface area contributed by atoms with E-state index >= 15 is 4.39 Å². The highest BCUT2D eigenvalue weighted by Gasteiger charge is 2.47.